The monoisotopic (exact) mass is 392 g/mol. The number of amides is 1. The molecule has 2 N–H and O–H groups in total. The Bertz CT molecular complexity index is 1220. The summed E-state index contributed by atoms with van der Waals surface area (Å²) in [6, 6.07) is 7.02. The molecule has 7 heteroatoms. The van der Waals surface area contributed by atoms with E-state index < -0.39 is 5.82 Å². The largest absolute Gasteiger partial charge is 0.463 e. The van der Waals surface area contributed by atoms with E-state index >= 15 is 0 Å². The minimum absolute atomic E-state index is 0.236. The molecule has 1 saturated heterocycles. The molecule has 0 aliphatic carbocycles. The molecule has 148 valence electrons. The predicted octanol–water partition coefficient (Wildman–Crippen LogP) is 4.25. The summed E-state index contributed by atoms with van der Waals surface area (Å²) in [6.07, 6.45) is 7.11. The maximum Gasteiger partial charge on any atom is 0.259 e. The van der Waals surface area contributed by atoms with Gasteiger partial charge < -0.3 is 19.5 Å². The summed E-state index contributed by atoms with van der Waals surface area (Å²) in [5, 5.41) is 7.13. The van der Waals surface area contributed by atoms with Crippen molar-refractivity contribution in [3.05, 3.63) is 65.6 Å². The molecule has 5 rings (SSSR count). The van der Waals surface area contributed by atoms with Gasteiger partial charge in [-0.2, -0.15) is 0 Å². The molecule has 0 radical (unpaired) electrons. The highest BCUT2D eigenvalue weighted by Gasteiger charge is 2.22. The van der Waals surface area contributed by atoms with Gasteiger partial charge in [-0.25, -0.2) is 9.37 Å². The highest BCUT2D eigenvalue weighted by Crippen LogP contribution is 2.34. The molecule has 4 heterocycles. The number of benzene rings is 1. The molecule has 3 aromatic heterocycles. The van der Waals surface area contributed by atoms with Gasteiger partial charge in [-0.05, 0) is 56.5 Å². The fraction of sp³-hybridized carbons (Fsp3) is 0.273. The highest BCUT2D eigenvalue weighted by atomic mass is 19.1. The van der Waals surface area contributed by atoms with Gasteiger partial charge in [-0.3, -0.25) is 4.79 Å². The molecule has 6 nitrogen and oxygen atoms in total. The quantitative estimate of drug-likeness (QED) is 0.547. The number of halogens is 1. The molecule has 1 amide bonds. The number of nitrogens with one attached hydrogen (secondary N) is 2. The van der Waals surface area contributed by atoms with E-state index in [1.807, 2.05) is 12.1 Å². The first-order valence-corrected chi connectivity index (χ1v) is 9.77. The van der Waals surface area contributed by atoms with E-state index in [1.54, 1.807) is 36.0 Å². The average Bonchev–Trinajstić information content (AvgIpc) is 3.34. The van der Waals surface area contributed by atoms with Crippen molar-refractivity contribution in [3.8, 4) is 0 Å². The van der Waals surface area contributed by atoms with E-state index in [1.165, 1.54) is 11.6 Å². The number of nitrogens with zero attached hydrogens (tertiary/aromatic N) is 2. The fourth-order valence-electron chi connectivity index (χ4n) is 4.20. The lowest BCUT2D eigenvalue weighted by Gasteiger charge is -2.23. The van der Waals surface area contributed by atoms with Crippen LogP contribution in [0.4, 0.5) is 10.1 Å². The summed E-state index contributed by atoms with van der Waals surface area (Å²) in [5.41, 5.74) is 3.52. The number of piperidine rings is 1. The standard InChI is InChI=1S/C22H21FN4O2/c1-13-11-27-12-15(10-19(23)21(27)25-13)26-22(28)18-3-2-16(14-4-7-24-8-5-14)17-6-9-29-20(17)18/h2-3,6,9-12,14,24H,4-5,7-8H2,1H3,(H,26,28). The summed E-state index contributed by atoms with van der Waals surface area (Å²) in [4.78, 5) is 17.1. The number of carbonyl (C=O) groups excluding carboxylic acids is 1. The van der Waals surface area contributed by atoms with Crippen LogP contribution in [0.25, 0.3) is 16.6 Å². The van der Waals surface area contributed by atoms with Gasteiger partial charge in [0.1, 0.15) is 5.58 Å². The van der Waals surface area contributed by atoms with Crippen LogP contribution in [0.3, 0.4) is 0 Å². The van der Waals surface area contributed by atoms with Crippen LogP contribution in [0.1, 0.15) is 40.4 Å². The number of aryl methyl sites for hydroxylation is 1. The Labute approximate surface area is 166 Å². The third-order valence-corrected chi connectivity index (χ3v) is 5.56. The van der Waals surface area contributed by atoms with Crippen molar-refractivity contribution >= 4 is 28.2 Å². The smallest absolute Gasteiger partial charge is 0.259 e. The number of hydrogen-bond acceptors (Lipinski definition) is 4. The fourth-order valence-corrected chi connectivity index (χ4v) is 4.20. The molecule has 4 aromatic rings. The van der Waals surface area contributed by atoms with Gasteiger partial charge >= 0.3 is 0 Å². The number of anilines is 1. The molecule has 0 saturated carbocycles. The highest BCUT2D eigenvalue weighted by molar-refractivity contribution is 6.12. The van der Waals surface area contributed by atoms with Crippen LogP contribution in [-0.2, 0) is 0 Å². The molecule has 0 spiro atoms. The van der Waals surface area contributed by atoms with Crippen molar-refractivity contribution in [1.82, 2.24) is 14.7 Å². The van der Waals surface area contributed by atoms with Crippen molar-refractivity contribution in [2.24, 2.45) is 0 Å². The lowest BCUT2D eigenvalue weighted by molar-refractivity contribution is 0.102. The average molecular weight is 392 g/mol. The maximum atomic E-state index is 14.3. The first-order valence-electron chi connectivity index (χ1n) is 9.77. The van der Waals surface area contributed by atoms with Crippen LogP contribution < -0.4 is 10.6 Å². The lowest BCUT2D eigenvalue weighted by atomic mass is 9.87. The number of rotatable bonds is 3. The van der Waals surface area contributed by atoms with Crippen molar-refractivity contribution in [2.75, 3.05) is 18.4 Å². The lowest BCUT2D eigenvalue weighted by Crippen LogP contribution is -2.26. The summed E-state index contributed by atoms with van der Waals surface area (Å²) in [7, 11) is 0. The zero-order valence-electron chi connectivity index (χ0n) is 16.0. The molecule has 1 fully saturated rings. The molecule has 0 bridgehead atoms. The molecule has 0 atom stereocenters. The molecular formula is C22H21FN4O2. The van der Waals surface area contributed by atoms with Gasteiger partial charge in [0, 0.05) is 23.8 Å². The van der Waals surface area contributed by atoms with Crippen LogP contribution in [0, 0.1) is 12.7 Å². The third-order valence-electron chi connectivity index (χ3n) is 5.56. The SMILES string of the molecule is Cc1cn2cc(NC(=O)c3ccc(C4CCNCC4)c4ccoc34)cc(F)c2n1. The van der Waals surface area contributed by atoms with Gasteiger partial charge in [0.15, 0.2) is 11.5 Å². The Hall–Kier alpha value is -3.19. The minimum Gasteiger partial charge on any atom is -0.463 e. The van der Waals surface area contributed by atoms with Crippen LogP contribution >= 0.6 is 0 Å². The number of furan rings is 1. The first kappa shape index (κ1) is 17.9. The third kappa shape index (κ3) is 3.17. The second-order valence-electron chi connectivity index (χ2n) is 7.53. The maximum absolute atomic E-state index is 14.3. The Morgan fingerprint density at radius 3 is 2.93 bits per heavy atom. The number of fused-ring (bicyclic) bond motifs is 2. The topological polar surface area (TPSA) is 71.6 Å². The molecule has 1 aliphatic rings. The van der Waals surface area contributed by atoms with Crippen molar-refractivity contribution in [3.63, 3.8) is 0 Å². The zero-order chi connectivity index (χ0) is 20.0. The van der Waals surface area contributed by atoms with Crippen molar-refractivity contribution < 1.29 is 13.6 Å². The van der Waals surface area contributed by atoms with E-state index in [0.29, 0.717) is 28.4 Å². The predicted molar refractivity (Wildman–Crippen MR) is 109 cm³/mol. The Morgan fingerprint density at radius 1 is 1.28 bits per heavy atom. The minimum atomic E-state index is -0.486. The van der Waals surface area contributed by atoms with Crippen LogP contribution in [-0.4, -0.2) is 28.4 Å². The van der Waals surface area contributed by atoms with Gasteiger partial charge in [0.25, 0.3) is 5.91 Å². The first-order chi connectivity index (χ1) is 14.1. The Kier molecular flexibility index (Phi) is 4.32. The number of pyridine rings is 1. The molecule has 1 aromatic carbocycles. The van der Waals surface area contributed by atoms with Gasteiger partial charge in [-0.15, -0.1) is 0 Å². The van der Waals surface area contributed by atoms with Crippen LogP contribution in [0.15, 0.2) is 47.3 Å². The van der Waals surface area contributed by atoms with E-state index in [2.05, 4.69) is 15.6 Å². The van der Waals surface area contributed by atoms with Crippen molar-refractivity contribution in [1.29, 1.82) is 0 Å². The second kappa shape index (κ2) is 7.00. The van der Waals surface area contributed by atoms with Crippen molar-refractivity contribution in [2.45, 2.75) is 25.7 Å². The zero-order valence-corrected chi connectivity index (χ0v) is 16.0. The normalized spacial score (nSPS) is 15.2. The molecule has 0 unspecified atom stereocenters. The number of aromatic nitrogens is 2. The number of hydrogen-bond donors (Lipinski definition) is 2. The van der Waals surface area contributed by atoms with E-state index in [-0.39, 0.29) is 11.6 Å². The van der Waals surface area contributed by atoms with E-state index in [0.717, 1.165) is 31.3 Å². The molecule has 1 aliphatic heterocycles. The van der Waals surface area contributed by atoms with Gasteiger partial charge in [0.2, 0.25) is 0 Å². The Balaban J connectivity index is 1.48. The summed E-state index contributed by atoms with van der Waals surface area (Å²) in [6.45, 7) is 3.78. The summed E-state index contributed by atoms with van der Waals surface area (Å²) in [5.74, 6) is -0.368. The summed E-state index contributed by atoms with van der Waals surface area (Å²) < 4.78 is 21.6. The van der Waals surface area contributed by atoms with Crippen LogP contribution in [0.5, 0.6) is 0 Å². The second-order valence-corrected chi connectivity index (χ2v) is 7.53. The molecule has 29 heavy (non-hydrogen) atoms. The Morgan fingerprint density at radius 2 is 2.10 bits per heavy atom. The number of imidazole rings is 1. The molecular weight excluding hydrogens is 371 g/mol. The van der Waals surface area contributed by atoms with Crippen LogP contribution in [0.2, 0.25) is 0 Å². The van der Waals surface area contributed by atoms with Gasteiger partial charge in [-0.1, -0.05) is 6.07 Å². The summed E-state index contributed by atoms with van der Waals surface area (Å²) >= 11 is 0. The van der Waals surface area contributed by atoms with Gasteiger partial charge in [0.05, 0.1) is 23.2 Å². The number of carbonyl (C=O) groups is 1. The van der Waals surface area contributed by atoms with E-state index in [9.17, 15) is 9.18 Å². The van der Waals surface area contributed by atoms with E-state index in [4.69, 9.17) is 4.42 Å².